The number of aryl methyl sites for hydroxylation is 1. The van der Waals surface area contributed by atoms with Crippen LogP contribution >= 0.6 is 0 Å². The van der Waals surface area contributed by atoms with Gasteiger partial charge in [-0.05, 0) is 70.1 Å². The molecule has 4 fully saturated rings. The van der Waals surface area contributed by atoms with E-state index in [1.165, 1.54) is 30.4 Å². The summed E-state index contributed by atoms with van der Waals surface area (Å²) in [5.74, 6) is 2.11. The van der Waals surface area contributed by atoms with Gasteiger partial charge in [-0.2, -0.15) is 0 Å². The number of benzene rings is 1. The second-order valence-corrected chi connectivity index (χ2v) is 9.87. The van der Waals surface area contributed by atoms with Gasteiger partial charge in [-0.15, -0.1) is 0 Å². The molecule has 4 bridgehead atoms. The minimum atomic E-state index is -0.304. The maximum Gasteiger partial charge on any atom is 0.322 e. The second kappa shape index (κ2) is 7.51. The molecule has 5 rings (SSSR count). The fourth-order valence-corrected chi connectivity index (χ4v) is 6.16. The second-order valence-electron chi connectivity index (χ2n) is 9.87. The molecule has 5 nitrogen and oxygen atoms in total. The van der Waals surface area contributed by atoms with E-state index in [0.717, 1.165) is 48.5 Å². The Labute approximate surface area is 168 Å². The number of likely N-dealkylation sites (N-methyl/N-ethyl adjacent to an activating group) is 1. The Hall–Kier alpha value is -1.88. The smallest absolute Gasteiger partial charge is 0.322 e. The van der Waals surface area contributed by atoms with Gasteiger partial charge >= 0.3 is 6.03 Å². The van der Waals surface area contributed by atoms with Crippen LogP contribution in [-0.2, 0) is 11.3 Å². The van der Waals surface area contributed by atoms with Crippen molar-refractivity contribution in [3.05, 3.63) is 35.4 Å². The third kappa shape index (κ3) is 4.09. The van der Waals surface area contributed by atoms with Crippen molar-refractivity contribution < 1.29 is 14.5 Å². The average Bonchev–Trinajstić information content (AvgIpc) is 2.61. The molecule has 0 radical (unpaired) electrons. The van der Waals surface area contributed by atoms with Crippen LogP contribution in [0.5, 0.6) is 0 Å². The molecular formula is C23H34N3O2+. The van der Waals surface area contributed by atoms with Crippen LogP contribution in [-0.4, -0.2) is 30.6 Å². The number of imide groups is 1. The van der Waals surface area contributed by atoms with Crippen LogP contribution in [0.1, 0.15) is 56.6 Å². The van der Waals surface area contributed by atoms with Crippen molar-refractivity contribution >= 4 is 11.9 Å². The van der Waals surface area contributed by atoms with Gasteiger partial charge in [-0.3, -0.25) is 10.1 Å². The van der Waals surface area contributed by atoms with Gasteiger partial charge in [-0.1, -0.05) is 29.8 Å². The van der Waals surface area contributed by atoms with E-state index >= 15 is 0 Å². The van der Waals surface area contributed by atoms with Gasteiger partial charge in [0.2, 0.25) is 0 Å². The summed E-state index contributed by atoms with van der Waals surface area (Å²) < 4.78 is 0. The first kappa shape index (κ1) is 19.4. The largest absolute Gasteiger partial charge is 0.332 e. The lowest BCUT2D eigenvalue weighted by Crippen LogP contribution is -3.12. The molecule has 1 unspecified atom stereocenters. The quantitative estimate of drug-likeness (QED) is 0.729. The van der Waals surface area contributed by atoms with Gasteiger partial charge in [0.25, 0.3) is 5.91 Å². The Morgan fingerprint density at radius 1 is 1.07 bits per heavy atom. The first-order valence-corrected chi connectivity index (χ1v) is 10.8. The number of carbonyl (C=O) groups excluding carboxylic acids is 2. The molecule has 0 saturated heterocycles. The van der Waals surface area contributed by atoms with Gasteiger partial charge in [0.1, 0.15) is 6.54 Å². The summed E-state index contributed by atoms with van der Waals surface area (Å²) in [6.07, 6.45) is 7.29. The Balaban J connectivity index is 1.30. The standard InChI is InChI=1S/C23H33N3O2/c1-15-4-6-17(7-5-15)14-26(3)16(2)21(27)24-22(28)25-23-11-18-8-19(12-23)10-20(9-18)13-23/h4-7,16,18-20H,8-14H2,1-3H3,(H2,24,25,27,28)/p+1/t16-,18?,19?,20?,23?/m0/s1. The number of carbonyl (C=O) groups is 2. The van der Waals surface area contributed by atoms with E-state index in [2.05, 4.69) is 41.8 Å². The summed E-state index contributed by atoms with van der Waals surface area (Å²) >= 11 is 0. The van der Waals surface area contributed by atoms with Crippen molar-refractivity contribution in [3.8, 4) is 0 Å². The van der Waals surface area contributed by atoms with E-state index in [9.17, 15) is 9.59 Å². The monoisotopic (exact) mass is 384 g/mol. The molecule has 0 heterocycles. The third-order valence-electron chi connectivity index (χ3n) is 7.39. The molecule has 1 aromatic carbocycles. The molecule has 28 heavy (non-hydrogen) atoms. The van der Waals surface area contributed by atoms with Crippen molar-refractivity contribution in [2.24, 2.45) is 17.8 Å². The molecule has 0 aromatic heterocycles. The third-order valence-corrected chi connectivity index (χ3v) is 7.39. The summed E-state index contributed by atoms with van der Waals surface area (Å²) in [6.45, 7) is 4.71. The van der Waals surface area contributed by atoms with Crippen molar-refractivity contribution in [3.63, 3.8) is 0 Å². The highest BCUT2D eigenvalue weighted by Crippen LogP contribution is 2.55. The molecule has 2 atom stereocenters. The minimum Gasteiger partial charge on any atom is -0.332 e. The van der Waals surface area contributed by atoms with Crippen LogP contribution in [0.15, 0.2) is 24.3 Å². The molecule has 4 aliphatic carbocycles. The molecular weight excluding hydrogens is 350 g/mol. The Morgan fingerprint density at radius 2 is 1.61 bits per heavy atom. The zero-order chi connectivity index (χ0) is 19.9. The highest BCUT2D eigenvalue weighted by Gasteiger charge is 2.51. The van der Waals surface area contributed by atoms with E-state index in [1.54, 1.807) is 0 Å². The predicted octanol–water partition coefficient (Wildman–Crippen LogP) is 2.19. The summed E-state index contributed by atoms with van der Waals surface area (Å²) in [4.78, 5) is 26.3. The molecule has 4 aliphatic rings. The summed E-state index contributed by atoms with van der Waals surface area (Å²) in [7, 11) is 2.00. The van der Waals surface area contributed by atoms with Crippen LogP contribution in [0.4, 0.5) is 4.79 Å². The lowest BCUT2D eigenvalue weighted by atomic mass is 9.53. The lowest BCUT2D eigenvalue weighted by Gasteiger charge is -2.56. The van der Waals surface area contributed by atoms with Crippen LogP contribution in [0.25, 0.3) is 0 Å². The molecule has 152 valence electrons. The number of amides is 3. The summed E-state index contributed by atoms with van der Waals surface area (Å²) in [5.41, 5.74) is 2.36. The Morgan fingerprint density at radius 3 is 2.14 bits per heavy atom. The van der Waals surface area contributed by atoms with Gasteiger partial charge in [-0.25, -0.2) is 4.79 Å². The van der Waals surface area contributed by atoms with Crippen molar-refractivity contribution in [1.29, 1.82) is 0 Å². The lowest BCUT2D eigenvalue weighted by molar-refractivity contribution is -0.908. The number of hydrogen-bond donors (Lipinski definition) is 3. The molecule has 0 aliphatic heterocycles. The van der Waals surface area contributed by atoms with Gasteiger partial charge in [0.05, 0.1) is 7.05 Å². The first-order valence-electron chi connectivity index (χ1n) is 10.8. The van der Waals surface area contributed by atoms with Gasteiger partial charge < -0.3 is 10.2 Å². The SMILES string of the molecule is Cc1ccc(C[NH+](C)[C@@H](C)C(=O)NC(=O)NC23CC4CC(CC(C4)C2)C3)cc1. The van der Waals surface area contributed by atoms with E-state index in [1.807, 2.05) is 14.0 Å². The van der Waals surface area contributed by atoms with Crippen LogP contribution < -0.4 is 15.5 Å². The number of urea groups is 1. The molecule has 4 saturated carbocycles. The summed E-state index contributed by atoms with van der Waals surface area (Å²) in [6, 6.07) is 7.79. The van der Waals surface area contributed by atoms with E-state index in [-0.39, 0.29) is 23.5 Å². The zero-order valence-electron chi connectivity index (χ0n) is 17.4. The van der Waals surface area contributed by atoms with E-state index in [0.29, 0.717) is 0 Å². The fraction of sp³-hybridized carbons (Fsp3) is 0.652. The topological polar surface area (TPSA) is 62.6 Å². The molecule has 1 aromatic rings. The van der Waals surface area contributed by atoms with Crippen molar-refractivity contribution in [2.75, 3.05) is 7.05 Å². The van der Waals surface area contributed by atoms with Crippen LogP contribution in [0, 0.1) is 24.7 Å². The average molecular weight is 385 g/mol. The van der Waals surface area contributed by atoms with Crippen molar-refractivity contribution in [2.45, 2.75) is 70.5 Å². The normalized spacial score (nSPS) is 32.6. The predicted molar refractivity (Wildman–Crippen MR) is 109 cm³/mol. The maximum atomic E-state index is 12.6. The molecule has 3 amide bonds. The van der Waals surface area contributed by atoms with Gasteiger partial charge in [0, 0.05) is 11.1 Å². The van der Waals surface area contributed by atoms with E-state index in [4.69, 9.17) is 0 Å². The number of rotatable bonds is 5. The number of hydrogen-bond acceptors (Lipinski definition) is 2. The molecule has 3 N–H and O–H groups in total. The number of nitrogens with one attached hydrogen (secondary N) is 3. The Bertz CT molecular complexity index is 707. The van der Waals surface area contributed by atoms with Crippen molar-refractivity contribution in [1.82, 2.24) is 10.6 Å². The maximum absolute atomic E-state index is 12.6. The van der Waals surface area contributed by atoms with Crippen LogP contribution in [0.2, 0.25) is 0 Å². The van der Waals surface area contributed by atoms with E-state index < -0.39 is 0 Å². The zero-order valence-corrected chi connectivity index (χ0v) is 17.4. The number of quaternary nitrogens is 1. The molecule has 0 spiro atoms. The van der Waals surface area contributed by atoms with Gasteiger partial charge in [0.15, 0.2) is 6.04 Å². The minimum absolute atomic E-state index is 0.0665. The summed E-state index contributed by atoms with van der Waals surface area (Å²) in [5, 5.41) is 5.85. The highest BCUT2D eigenvalue weighted by atomic mass is 16.2. The highest BCUT2D eigenvalue weighted by molar-refractivity contribution is 5.96. The van der Waals surface area contributed by atoms with Crippen LogP contribution in [0.3, 0.4) is 0 Å². The molecule has 5 heteroatoms. The Kier molecular flexibility index (Phi) is 5.21. The fourth-order valence-electron chi connectivity index (χ4n) is 6.16. The first-order chi connectivity index (χ1) is 13.3.